The largest absolute Gasteiger partial charge is 0.346 e. The van der Waals surface area contributed by atoms with Gasteiger partial charge < -0.3 is 9.42 Å². The van der Waals surface area contributed by atoms with Gasteiger partial charge in [0.05, 0.1) is 0 Å². The fourth-order valence-electron chi connectivity index (χ4n) is 2.86. The van der Waals surface area contributed by atoms with Crippen LogP contribution >= 0.6 is 0 Å². The highest BCUT2D eigenvalue weighted by Crippen LogP contribution is 2.18. The average molecular weight is 358 g/mol. The minimum Gasteiger partial charge on any atom is -0.334 e. The van der Waals surface area contributed by atoms with Crippen LogP contribution in [0.25, 0.3) is 11.5 Å². The van der Waals surface area contributed by atoms with Crippen molar-refractivity contribution in [2.24, 2.45) is 0 Å². The lowest BCUT2D eigenvalue weighted by atomic mass is 10.2. The number of hydrogen-bond acceptors (Lipinski definition) is 6. The molecule has 1 aliphatic rings. The molecule has 0 aliphatic carbocycles. The number of amides is 1. The summed E-state index contributed by atoms with van der Waals surface area (Å²) in [7, 11) is 0. The summed E-state index contributed by atoms with van der Waals surface area (Å²) in [4.78, 5) is 30.5. The third-order valence-electron chi connectivity index (χ3n) is 4.21. The second-order valence-electron chi connectivity index (χ2n) is 5.83. The van der Waals surface area contributed by atoms with E-state index in [1.54, 1.807) is 11.0 Å². The lowest BCUT2D eigenvalue weighted by Gasteiger charge is -2.24. The summed E-state index contributed by atoms with van der Waals surface area (Å²) >= 11 is 0. The molecule has 0 atom stereocenters. The maximum absolute atomic E-state index is 13.3. The zero-order valence-corrected chi connectivity index (χ0v) is 13.9. The summed E-state index contributed by atoms with van der Waals surface area (Å²) in [6, 6.07) is 5.76. The molecule has 3 aromatic rings. The predicted molar refractivity (Wildman–Crippen MR) is 86.9 cm³/mol. The van der Waals surface area contributed by atoms with Gasteiger partial charge in [0.2, 0.25) is 5.82 Å². The molecule has 26 heavy (non-hydrogen) atoms. The molecule has 0 radical (unpaired) electrons. The number of likely N-dealkylation sites (N-methyl/N-ethyl adjacent to an activating group) is 1. The lowest BCUT2D eigenvalue weighted by molar-refractivity contribution is 0.0705. The summed E-state index contributed by atoms with van der Waals surface area (Å²) in [6.45, 7) is 3.25. The zero-order chi connectivity index (χ0) is 18.3. The van der Waals surface area contributed by atoms with E-state index in [1.807, 2.05) is 6.92 Å². The second-order valence-corrected chi connectivity index (χ2v) is 5.83. The van der Waals surface area contributed by atoms with Crippen molar-refractivity contribution in [3.8, 4) is 11.5 Å². The fraction of sp³-hybridized carbons (Fsp3) is 0.312. The molecule has 0 N–H and O–H groups in total. The van der Waals surface area contributed by atoms with Crippen LogP contribution in [0, 0.1) is 5.82 Å². The van der Waals surface area contributed by atoms with Gasteiger partial charge >= 0.3 is 5.69 Å². The van der Waals surface area contributed by atoms with Crippen molar-refractivity contribution < 1.29 is 13.7 Å². The number of benzene rings is 1. The highest BCUT2D eigenvalue weighted by Gasteiger charge is 2.28. The minimum absolute atomic E-state index is 0.0446. The van der Waals surface area contributed by atoms with Crippen LogP contribution in [0.1, 0.15) is 23.4 Å². The number of carbonyl (C=O) groups is 1. The molecular weight excluding hydrogens is 343 g/mol. The number of rotatable bonds is 4. The monoisotopic (exact) mass is 358 g/mol. The van der Waals surface area contributed by atoms with Crippen molar-refractivity contribution >= 4 is 5.91 Å². The van der Waals surface area contributed by atoms with Crippen LogP contribution in [-0.4, -0.2) is 48.4 Å². The SMILES string of the molecule is CCN1CCn2c(nn(Cc3noc(-c4cccc(F)c4)n3)c2=O)C1=O. The van der Waals surface area contributed by atoms with Crippen LogP contribution in [0.2, 0.25) is 0 Å². The normalized spacial score (nSPS) is 13.9. The Balaban J connectivity index is 1.61. The van der Waals surface area contributed by atoms with Crippen molar-refractivity contribution in [3.05, 3.63) is 52.2 Å². The van der Waals surface area contributed by atoms with Gasteiger partial charge in [-0.1, -0.05) is 11.2 Å². The Bertz CT molecular complexity index is 1040. The van der Waals surface area contributed by atoms with Gasteiger partial charge in [-0.15, -0.1) is 5.10 Å². The van der Waals surface area contributed by atoms with E-state index in [2.05, 4.69) is 15.2 Å². The van der Waals surface area contributed by atoms with Gasteiger partial charge in [-0.3, -0.25) is 9.36 Å². The molecule has 2 aromatic heterocycles. The molecule has 3 heterocycles. The molecular formula is C16H15FN6O3. The number of hydrogen-bond donors (Lipinski definition) is 0. The first kappa shape index (κ1) is 16.2. The first-order valence-corrected chi connectivity index (χ1v) is 8.12. The molecule has 1 aromatic carbocycles. The van der Waals surface area contributed by atoms with Gasteiger partial charge in [0, 0.05) is 25.2 Å². The summed E-state index contributed by atoms with van der Waals surface area (Å²) < 4.78 is 20.9. The molecule has 10 heteroatoms. The number of halogens is 1. The molecule has 0 spiro atoms. The Kier molecular flexibility index (Phi) is 3.86. The smallest absolute Gasteiger partial charge is 0.334 e. The van der Waals surface area contributed by atoms with Gasteiger partial charge in [0.15, 0.2) is 5.82 Å². The summed E-state index contributed by atoms with van der Waals surface area (Å²) in [5.74, 6) is -0.231. The average Bonchev–Trinajstić information content (AvgIpc) is 3.22. The third kappa shape index (κ3) is 2.68. The molecule has 1 amide bonds. The van der Waals surface area contributed by atoms with Crippen LogP contribution < -0.4 is 5.69 Å². The Morgan fingerprint density at radius 3 is 2.88 bits per heavy atom. The van der Waals surface area contributed by atoms with Gasteiger partial charge in [0.25, 0.3) is 11.8 Å². The van der Waals surface area contributed by atoms with Gasteiger partial charge in [-0.05, 0) is 25.1 Å². The molecule has 0 fully saturated rings. The van der Waals surface area contributed by atoms with Crippen LogP contribution in [-0.2, 0) is 13.1 Å². The lowest BCUT2D eigenvalue weighted by Crippen LogP contribution is -2.42. The standard InChI is InChI=1S/C16H15FN6O3/c1-2-21-6-7-22-13(15(21)24)19-23(16(22)25)9-12-18-14(26-20-12)10-4-3-5-11(17)8-10/h3-5,8H,2,6-7,9H2,1H3. The quantitative estimate of drug-likeness (QED) is 0.683. The summed E-state index contributed by atoms with van der Waals surface area (Å²) in [5, 5.41) is 7.92. The molecule has 4 rings (SSSR count). The third-order valence-corrected chi connectivity index (χ3v) is 4.21. The number of nitrogens with zero attached hydrogens (tertiary/aromatic N) is 6. The minimum atomic E-state index is -0.417. The van der Waals surface area contributed by atoms with Crippen LogP contribution in [0.15, 0.2) is 33.6 Å². The van der Waals surface area contributed by atoms with Gasteiger partial charge in [-0.2, -0.15) is 4.98 Å². The van der Waals surface area contributed by atoms with Crippen molar-refractivity contribution in [1.29, 1.82) is 0 Å². The molecule has 0 saturated heterocycles. The van der Waals surface area contributed by atoms with Crippen molar-refractivity contribution in [2.45, 2.75) is 20.0 Å². The van der Waals surface area contributed by atoms with Gasteiger partial charge in [0.1, 0.15) is 12.4 Å². The highest BCUT2D eigenvalue weighted by atomic mass is 19.1. The Morgan fingerprint density at radius 2 is 2.12 bits per heavy atom. The topological polar surface area (TPSA) is 99.0 Å². The maximum Gasteiger partial charge on any atom is 0.346 e. The molecule has 9 nitrogen and oxygen atoms in total. The molecule has 0 saturated carbocycles. The summed E-state index contributed by atoms with van der Waals surface area (Å²) in [5.41, 5.74) is 0.0372. The van der Waals surface area contributed by atoms with E-state index in [0.717, 1.165) is 4.68 Å². The van der Waals surface area contributed by atoms with Crippen molar-refractivity contribution in [1.82, 2.24) is 29.4 Å². The predicted octanol–water partition coefficient (Wildman–Crippen LogP) is 0.758. The highest BCUT2D eigenvalue weighted by molar-refractivity contribution is 5.91. The van der Waals surface area contributed by atoms with E-state index in [0.29, 0.717) is 25.2 Å². The van der Waals surface area contributed by atoms with Gasteiger partial charge in [-0.25, -0.2) is 13.9 Å². The van der Waals surface area contributed by atoms with Crippen LogP contribution in [0.4, 0.5) is 4.39 Å². The number of fused-ring (bicyclic) bond motifs is 1. The van der Waals surface area contributed by atoms with E-state index >= 15 is 0 Å². The Labute approximate surface area is 146 Å². The molecule has 0 unspecified atom stereocenters. The van der Waals surface area contributed by atoms with Crippen molar-refractivity contribution in [2.75, 3.05) is 13.1 Å². The zero-order valence-electron chi connectivity index (χ0n) is 13.9. The van der Waals surface area contributed by atoms with Crippen LogP contribution in [0.3, 0.4) is 0 Å². The first-order chi connectivity index (χ1) is 12.6. The first-order valence-electron chi connectivity index (χ1n) is 8.12. The number of aromatic nitrogens is 5. The number of carbonyl (C=O) groups excluding carboxylic acids is 1. The fourth-order valence-corrected chi connectivity index (χ4v) is 2.86. The molecule has 0 bridgehead atoms. The van der Waals surface area contributed by atoms with E-state index in [-0.39, 0.29) is 30.0 Å². The van der Waals surface area contributed by atoms with E-state index in [4.69, 9.17) is 4.52 Å². The molecule has 1 aliphatic heterocycles. The van der Waals surface area contributed by atoms with Crippen LogP contribution in [0.5, 0.6) is 0 Å². The van der Waals surface area contributed by atoms with E-state index in [9.17, 15) is 14.0 Å². The van der Waals surface area contributed by atoms with Crippen molar-refractivity contribution in [3.63, 3.8) is 0 Å². The summed E-state index contributed by atoms with van der Waals surface area (Å²) in [6.07, 6.45) is 0. The van der Waals surface area contributed by atoms with E-state index in [1.165, 1.54) is 22.8 Å². The maximum atomic E-state index is 13.3. The Hall–Kier alpha value is -3.30. The van der Waals surface area contributed by atoms with E-state index < -0.39 is 11.5 Å². The Morgan fingerprint density at radius 1 is 1.27 bits per heavy atom. The second kappa shape index (κ2) is 6.21. The molecule has 134 valence electrons.